The summed E-state index contributed by atoms with van der Waals surface area (Å²) in [6.45, 7) is 4.72. The van der Waals surface area contributed by atoms with Gasteiger partial charge in [0, 0.05) is 24.3 Å². The van der Waals surface area contributed by atoms with E-state index in [0.717, 1.165) is 23.2 Å². The molecule has 4 nitrogen and oxygen atoms in total. The molecule has 112 valence electrons. The first-order valence-electron chi connectivity index (χ1n) is 7.83. The van der Waals surface area contributed by atoms with Crippen molar-refractivity contribution in [2.45, 2.75) is 39.2 Å². The molecule has 1 fully saturated rings. The zero-order chi connectivity index (χ0) is 14.8. The van der Waals surface area contributed by atoms with Gasteiger partial charge in [0.2, 0.25) is 0 Å². The van der Waals surface area contributed by atoms with Crippen LogP contribution >= 0.6 is 0 Å². The molecule has 1 saturated carbocycles. The van der Waals surface area contributed by atoms with E-state index in [9.17, 15) is 0 Å². The van der Waals surface area contributed by atoms with Crippen molar-refractivity contribution in [1.82, 2.24) is 14.8 Å². The third kappa shape index (κ3) is 3.26. The predicted octanol–water partition coefficient (Wildman–Crippen LogP) is 3.72. The van der Waals surface area contributed by atoms with E-state index in [4.69, 9.17) is 0 Å². The maximum atomic E-state index is 4.18. The summed E-state index contributed by atoms with van der Waals surface area (Å²) in [7, 11) is 1.97. The molecule has 2 aromatic rings. The van der Waals surface area contributed by atoms with E-state index in [1.807, 2.05) is 11.6 Å². The van der Waals surface area contributed by atoms with E-state index < -0.39 is 0 Å². The molecule has 0 saturated heterocycles. The van der Waals surface area contributed by atoms with Crippen LogP contribution in [0.4, 0.5) is 5.69 Å². The summed E-state index contributed by atoms with van der Waals surface area (Å²) in [6.07, 6.45) is 5.62. The minimum Gasteiger partial charge on any atom is -0.382 e. The van der Waals surface area contributed by atoms with Crippen molar-refractivity contribution in [1.29, 1.82) is 0 Å². The molecule has 0 bridgehead atoms. The second-order valence-electron chi connectivity index (χ2n) is 6.60. The Labute approximate surface area is 126 Å². The fourth-order valence-corrected chi connectivity index (χ4v) is 3.59. The summed E-state index contributed by atoms with van der Waals surface area (Å²) in [4.78, 5) is 0. The molecule has 1 heterocycles. The van der Waals surface area contributed by atoms with Crippen LogP contribution in [0.15, 0.2) is 30.6 Å². The van der Waals surface area contributed by atoms with Gasteiger partial charge >= 0.3 is 0 Å². The molecular weight excluding hydrogens is 260 g/mol. The van der Waals surface area contributed by atoms with Crippen molar-refractivity contribution in [3.05, 3.63) is 30.6 Å². The van der Waals surface area contributed by atoms with Gasteiger partial charge < -0.3 is 9.88 Å². The van der Waals surface area contributed by atoms with Crippen molar-refractivity contribution in [3.8, 4) is 11.4 Å². The molecule has 0 radical (unpaired) electrons. The summed E-state index contributed by atoms with van der Waals surface area (Å²) in [5.74, 6) is 2.53. The zero-order valence-electron chi connectivity index (χ0n) is 13.1. The molecule has 3 rings (SSSR count). The van der Waals surface area contributed by atoms with Crippen molar-refractivity contribution in [3.63, 3.8) is 0 Å². The van der Waals surface area contributed by atoms with Crippen LogP contribution in [0.1, 0.15) is 33.1 Å². The highest BCUT2D eigenvalue weighted by Crippen LogP contribution is 2.31. The van der Waals surface area contributed by atoms with E-state index in [1.54, 1.807) is 6.33 Å². The van der Waals surface area contributed by atoms with Crippen LogP contribution in [0.25, 0.3) is 11.4 Å². The number of hydrogen-bond acceptors (Lipinski definition) is 3. The Balaban J connectivity index is 1.76. The monoisotopic (exact) mass is 284 g/mol. The zero-order valence-corrected chi connectivity index (χ0v) is 13.1. The number of aryl methyl sites for hydroxylation is 1. The number of anilines is 1. The Morgan fingerprint density at radius 3 is 2.57 bits per heavy atom. The third-order valence-electron chi connectivity index (χ3n) is 4.38. The lowest BCUT2D eigenvalue weighted by Crippen LogP contribution is -2.30. The van der Waals surface area contributed by atoms with Crippen LogP contribution in [0, 0.1) is 11.8 Å². The average Bonchev–Trinajstić information content (AvgIpc) is 2.84. The lowest BCUT2D eigenvalue weighted by Gasteiger charge is -2.32. The average molecular weight is 284 g/mol. The van der Waals surface area contributed by atoms with Crippen molar-refractivity contribution in [2.24, 2.45) is 18.9 Å². The van der Waals surface area contributed by atoms with Gasteiger partial charge in [-0.05, 0) is 43.2 Å². The number of nitrogens with zero attached hydrogens (tertiary/aromatic N) is 3. The van der Waals surface area contributed by atoms with Gasteiger partial charge in [0.25, 0.3) is 0 Å². The first-order chi connectivity index (χ1) is 10.1. The second kappa shape index (κ2) is 5.88. The standard InChI is InChI=1S/C17H24N4/c1-12-7-13(2)9-16(8-12)19-15-6-4-5-14(10-15)17-20-18-11-21(17)3/h4-6,10-13,16,19H,7-9H2,1-3H3. The quantitative estimate of drug-likeness (QED) is 0.934. The molecule has 21 heavy (non-hydrogen) atoms. The number of benzene rings is 1. The van der Waals surface area contributed by atoms with E-state index in [1.165, 1.54) is 24.9 Å². The van der Waals surface area contributed by atoms with Crippen LogP contribution in [0.5, 0.6) is 0 Å². The Morgan fingerprint density at radius 2 is 1.90 bits per heavy atom. The molecule has 0 amide bonds. The van der Waals surface area contributed by atoms with Crippen LogP contribution < -0.4 is 5.32 Å². The minimum atomic E-state index is 0.582. The predicted molar refractivity (Wildman–Crippen MR) is 86.0 cm³/mol. The summed E-state index contributed by atoms with van der Waals surface area (Å²) >= 11 is 0. The van der Waals surface area contributed by atoms with Crippen molar-refractivity contribution < 1.29 is 0 Å². The second-order valence-corrected chi connectivity index (χ2v) is 6.60. The SMILES string of the molecule is CC1CC(C)CC(Nc2cccc(-c3nncn3C)c2)C1. The molecule has 2 unspecified atom stereocenters. The molecule has 0 aliphatic heterocycles. The largest absolute Gasteiger partial charge is 0.382 e. The normalized spacial score (nSPS) is 25.8. The first-order valence-corrected chi connectivity index (χ1v) is 7.83. The fourth-order valence-electron chi connectivity index (χ4n) is 3.59. The Morgan fingerprint density at radius 1 is 1.14 bits per heavy atom. The summed E-state index contributed by atoms with van der Waals surface area (Å²) in [6, 6.07) is 9.07. The molecule has 4 heteroatoms. The Bertz CT molecular complexity index is 594. The molecule has 2 atom stereocenters. The highest BCUT2D eigenvalue weighted by Gasteiger charge is 2.23. The van der Waals surface area contributed by atoms with E-state index in [-0.39, 0.29) is 0 Å². The molecule has 1 aromatic carbocycles. The van der Waals surface area contributed by atoms with Gasteiger partial charge in [-0.15, -0.1) is 10.2 Å². The van der Waals surface area contributed by atoms with Gasteiger partial charge in [0.1, 0.15) is 6.33 Å². The van der Waals surface area contributed by atoms with Crippen LogP contribution in [-0.2, 0) is 7.05 Å². The number of hydrogen-bond donors (Lipinski definition) is 1. The summed E-state index contributed by atoms with van der Waals surface area (Å²) in [5, 5.41) is 11.8. The number of nitrogens with one attached hydrogen (secondary N) is 1. The molecule has 1 aliphatic carbocycles. The van der Waals surface area contributed by atoms with Gasteiger partial charge in [-0.25, -0.2) is 0 Å². The minimum absolute atomic E-state index is 0.582. The van der Waals surface area contributed by atoms with E-state index in [2.05, 4.69) is 53.6 Å². The maximum Gasteiger partial charge on any atom is 0.163 e. The summed E-state index contributed by atoms with van der Waals surface area (Å²) in [5.41, 5.74) is 2.29. The lowest BCUT2D eigenvalue weighted by atomic mass is 9.80. The van der Waals surface area contributed by atoms with Crippen LogP contribution in [-0.4, -0.2) is 20.8 Å². The van der Waals surface area contributed by atoms with Gasteiger partial charge in [0.05, 0.1) is 0 Å². The van der Waals surface area contributed by atoms with E-state index >= 15 is 0 Å². The molecule has 0 spiro atoms. The van der Waals surface area contributed by atoms with Gasteiger partial charge in [-0.3, -0.25) is 0 Å². The highest BCUT2D eigenvalue weighted by molar-refractivity contribution is 5.62. The smallest absolute Gasteiger partial charge is 0.163 e. The Kier molecular flexibility index (Phi) is 3.95. The lowest BCUT2D eigenvalue weighted by molar-refractivity contribution is 0.281. The molecule has 1 aromatic heterocycles. The van der Waals surface area contributed by atoms with Crippen LogP contribution in [0.2, 0.25) is 0 Å². The number of aromatic nitrogens is 3. The van der Waals surface area contributed by atoms with Gasteiger partial charge in [0.15, 0.2) is 5.82 Å². The maximum absolute atomic E-state index is 4.18. The van der Waals surface area contributed by atoms with Gasteiger partial charge in [-0.2, -0.15) is 0 Å². The van der Waals surface area contributed by atoms with E-state index in [0.29, 0.717) is 6.04 Å². The first kappa shape index (κ1) is 14.1. The third-order valence-corrected chi connectivity index (χ3v) is 4.38. The highest BCUT2D eigenvalue weighted by atomic mass is 15.2. The molecular formula is C17H24N4. The van der Waals surface area contributed by atoms with Gasteiger partial charge in [-0.1, -0.05) is 26.0 Å². The summed E-state index contributed by atoms with van der Waals surface area (Å²) < 4.78 is 1.95. The molecule has 1 N–H and O–H groups in total. The fraction of sp³-hybridized carbons (Fsp3) is 0.529. The number of rotatable bonds is 3. The topological polar surface area (TPSA) is 42.7 Å². The van der Waals surface area contributed by atoms with Crippen LogP contribution in [0.3, 0.4) is 0 Å². The van der Waals surface area contributed by atoms with Crippen molar-refractivity contribution >= 4 is 5.69 Å². The Hall–Kier alpha value is -1.84. The van der Waals surface area contributed by atoms with Crippen molar-refractivity contribution in [2.75, 3.05) is 5.32 Å². The molecule has 1 aliphatic rings.